The summed E-state index contributed by atoms with van der Waals surface area (Å²) in [5, 5.41) is 112. The number of nitrogens with zero attached hydrogens (tertiary/aromatic N) is 11. The number of sulfonamides is 2. The molecule has 21 N–H and O–H groups in total. The predicted molar refractivity (Wildman–Crippen MR) is 528 cm³/mol. The van der Waals surface area contributed by atoms with Crippen LogP contribution in [0, 0.1) is 32.6 Å². The fourth-order valence-corrected chi connectivity index (χ4v) is 19.9. The van der Waals surface area contributed by atoms with E-state index in [2.05, 4.69) is 111 Å². The molecule has 0 bridgehead atoms. The second-order valence-electron chi connectivity index (χ2n) is 33.9. The molecule has 808 valence electrons. The third-order valence-electron chi connectivity index (χ3n) is 22.7. The van der Waals surface area contributed by atoms with Gasteiger partial charge in [0.2, 0.25) is 49.6 Å². The molecule has 9 rings (SSSR count). The zero-order valence-corrected chi connectivity index (χ0v) is 84.4. The Morgan fingerprint density at radius 1 is 0.459 bits per heavy atom. The molecule has 0 unspecified atom stereocenters. The van der Waals surface area contributed by atoms with Gasteiger partial charge in [-0.2, -0.15) is 19.6 Å². The number of nitrogens with one attached hydrogen (secondary N) is 14. The number of aromatic nitrogens is 8. The molecule has 4 aromatic carbocycles. The van der Waals surface area contributed by atoms with E-state index in [4.69, 9.17) is 20.0 Å². The first-order valence-electron chi connectivity index (χ1n) is 46.6. The number of carboxylic acids is 5. The fraction of sp³-hybridized carbons (Fsp3) is 0.489. The average molecular weight is 2150 g/mol. The van der Waals surface area contributed by atoms with Gasteiger partial charge in [-0.1, -0.05) is 10.1 Å². The number of benzene rings is 4. The van der Waals surface area contributed by atoms with Crippen molar-refractivity contribution in [2.45, 2.75) is 132 Å². The highest BCUT2D eigenvalue weighted by atomic mass is 32.2. The second kappa shape index (κ2) is 59.9. The Bertz CT molecular complexity index is 6010. The van der Waals surface area contributed by atoms with Crippen LogP contribution in [0.15, 0.2) is 108 Å². The molecular formula is C88H122N25O31S4+. The predicted octanol–water partition coefficient (Wildman–Crippen LogP) is -0.655. The molecule has 8 aromatic rings. The number of nitroso groups, excluding NO2 is 1. The number of hydrogen-bond donors (Lipinski definition) is 21. The maximum absolute atomic E-state index is 14.9. The van der Waals surface area contributed by atoms with E-state index in [9.17, 15) is 110 Å². The highest BCUT2D eigenvalue weighted by molar-refractivity contribution is 7.94. The van der Waals surface area contributed by atoms with Crippen molar-refractivity contribution in [3.63, 3.8) is 0 Å². The molecule has 5 atom stereocenters. The minimum absolute atomic E-state index is 0.0165. The molecule has 60 heteroatoms. The van der Waals surface area contributed by atoms with Gasteiger partial charge in [-0.15, -0.1) is 8.67 Å². The van der Waals surface area contributed by atoms with Crippen molar-refractivity contribution in [2.75, 3.05) is 166 Å². The van der Waals surface area contributed by atoms with Gasteiger partial charge in [0.1, 0.15) is 29.6 Å². The molecule has 5 heterocycles. The summed E-state index contributed by atoms with van der Waals surface area (Å²) in [6.45, 7) is 3.50. The Balaban J connectivity index is 0.760. The van der Waals surface area contributed by atoms with Gasteiger partial charge in [-0.25, -0.2) is 37.3 Å². The van der Waals surface area contributed by atoms with E-state index in [1.807, 2.05) is 0 Å². The topological polar surface area (TPSA) is 758 Å². The zero-order chi connectivity index (χ0) is 107. The second-order valence-corrected chi connectivity index (χ2v) is 38.6. The van der Waals surface area contributed by atoms with E-state index < -0.39 is 191 Å². The standard InChI is InChI=1S/C88H121N25O31S4/c1-55-39-63(40-56(2)79(55)147(135,136)105-65(85(128)129)47-99-81(124)59-11-13-68-61(43-59)45-101-111(68)27-7-17-93-87-95-23-24-96-87)139-37-5-9-72(114)89-19-21-91-83(126)67(53-145-143-141-133)103-74(116)16-15-71(104-75(117)49-107-29-31-108(50-76(118)119)33-35-110(52-78(122)123)36-34-109(32-30-107)51-77(120)121)113(132)70(54-146-144-142-134)84(127)92-22-20-90-73(115)10-6-38-140-64-41-57(3)80(58(4)42-64)148(137,138)106-66(86(130)131)48-100-82(125)60-12-14-69-62(44-60)46-102-112(69)28-8-18-94-88-97-25-26-98-88/h11-14,23-26,39-46,65-67,70-71,105-106H,5-10,15-22,27-38,47-54H2,1-4H3,(H18-,89,90,91,92,93,94,95,96,97,98,99,100,103,104,114,115,116,117,118,119,120,121,122,123,124,125,126,127,128,129,130,131,133,134)/p+1/t65-,66-,67-,70-,71+/m0/s1. The Kier molecular flexibility index (Phi) is 47.7. The molecule has 0 radical (unpaired) electrons. The number of imidazole rings is 2. The van der Waals surface area contributed by atoms with Crippen molar-refractivity contribution in [2.24, 2.45) is 0 Å². The summed E-state index contributed by atoms with van der Waals surface area (Å²) in [7, 11) is -9.12. The van der Waals surface area contributed by atoms with E-state index >= 15 is 0 Å². The third-order valence-corrected chi connectivity index (χ3v) is 27.5. The van der Waals surface area contributed by atoms with Crippen LogP contribution in [0.3, 0.4) is 0 Å². The number of fused-ring (bicyclic) bond motifs is 2. The molecule has 1 aliphatic rings. The number of anilines is 2. The molecule has 8 amide bonds. The Morgan fingerprint density at radius 2 is 0.858 bits per heavy atom. The summed E-state index contributed by atoms with van der Waals surface area (Å²) in [6.07, 6.45) is 7.86. The molecule has 0 saturated carbocycles. The highest BCUT2D eigenvalue weighted by Gasteiger charge is 2.42. The summed E-state index contributed by atoms with van der Waals surface area (Å²) < 4.78 is 84.1. The monoisotopic (exact) mass is 2150 g/mol. The van der Waals surface area contributed by atoms with E-state index in [1.54, 1.807) is 70.8 Å². The Hall–Kier alpha value is -13.7. The van der Waals surface area contributed by atoms with Crippen molar-refractivity contribution >= 4 is 155 Å². The summed E-state index contributed by atoms with van der Waals surface area (Å²) in [5.74, 6) is -12.6. The molecule has 1 fully saturated rings. The van der Waals surface area contributed by atoms with Gasteiger partial charge in [0.05, 0.1) is 84.1 Å². The lowest BCUT2D eigenvalue weighted by Gasteiger charge is -2.32. The van der Waals surface area contributed by atoms with Gasteiger partial charge in [0.15, 0.2) is 11.9 Å². The molecular weight excluding hydrogens is 2030 g/mol. The summed E-state index contributed by atoms with van der Waals surface area (Å²) in [6, 6.07) is 8.13. The third kappa shape index (κ3) is 39.2. The largest absolute Gasteiger partial charge is 0.494 e. The first-order chi connectivity index (χ1) is 70.8. The number of hydrogen-bond acceptors (Lipinski definition) is 38. The SMILES string of the molecule is Cc1cc(OCCCC(=O)NCCNC(=O)[C@H](CSOOO)NC(=O)CC[C@H](NC(=O)CN2CCN(CC(=O)O)CCN(CC(=O)O)CCN(CC(=O)O)CC2)[N+](=O)[C@@H](CSOOO)C(=O)NCCNC(=O)CCCOc2cc(C)c(S(=O)(=O)N[C@@H](CNC(=O)c3ccc4c(cnn4CCCNc4ncc[nH]4)c3)C(=O)O)c(C)c2)cc(C)c1S(=O)(=O)N[C@@H](CNC(=O)c1ccc2c(cnn2CCCNc2ncc[nH]2)c1)C(=O)O. The van der Waals surface area contributed by atoms with Crippen molar-refractivity contribution in [1.82, 2.24) is 111 Å². The van der Waals surface area contributed by atoms with Gasteiger partial charge >= 0.3 is 29.8 Å². The lowest BCUT2D eigenvalue weighted by molar-refractivity contribution is -0.608. The van der Waals surface area contributed by atoms with E-state index in [-0.39, 0.29) is 189 Å². The fourth-order valence-electron chi connectivity index (χ4n) is 15.6. The van der Waals surface area contributed by atoms with Crippen LogP contribution < -0.4 is 72.1 Å². The lowest BCUT2D eigenvalue weighted by Crippen LogP contribution is -2.55. The Morgan fingerprint density at radius 3 is 1.25 bits per heavy atom. The number of carboxylic acid groups (broad SMARTS) is 5. The Labute approximate surface area is 855 Å². The minimum Gasteiger partial charge on any atom is -0.494 e. The van der Waals surface area contributed by atoms with Crippen LogP contribution in [0.25, 0.3) is 21.8 Å². The number of aromatic amines is 2. The number of carbonyl (C=O) groups excluding carboxylic acids is 8. The number of H-pyrrole nitrogens is 2. The van der Waals surface area contributed by atoms with E-state index in [0.717, 1.165) is 11.0 Å². The van der Waals surface area contributed by atoms with Gasteiger partial charge in [-0.05, 0) is 136 Å². The van der Waals surface area contributed by atoms with Crippen LogP contribution in [0.2, 0.25) is 0 Å². The number of aliphatic carboxylic acids is 5. The molecule has 1 saturated heterocycles. The molecule has 0 spiro atoms. The van der Waals surface area contributed by atoms with Crippen LogP contribution >= 0.6 is 24.1 Å². The van der Waals surface area contributed by atoms with Crippen LogP contribution in [0.4, 0.5) is 11.9 Å². The quantitative estimate of drug-likeness (QED) is 0.00562. The van der Waals surface area contributed by atoms with Crippen LogP contribution in [-0.2, 0) is 105 Å². The number of rotatable bonds is 65. The van der Waals surface area contributed by atoms with Gasteiger partial charge < -0.3 is 92.8 Å². The number of aryl methyl sites for hydroxylation is 6. The van der Waals surface area contributed by atoms with Crippen molar-refractivity contribution in [3.05, 3.63) is 136 Å². The zero-order valence-electron chi connectivity index (χ0n) is 81.1. The van der Waals surface area contributed by atoms with Crippen LogP contribution in [-0.4, -0.2) is 380 Å². The normalized spacial score (nSPS) is 14.1. The number of carbonyl (C=O) groups is 13. The average Bonchev–Trinajstić information content (AvgIpc) is 0.926. The van der Waals surface area contributed by atoms with Crippen molar-refractivity contribution in [3.8, 4) is 11.5 Å². The molecule has 148 heavy (non-hydrogen) atoms. The number of amides is 8. The van der Waals surface area contributed by atoms with Crippen molar-refractivity contribution < 1.29 is 148 Å². The van der Waals surface area contributed by atoms with E-state index in [1.165, 1.54) is 83.7 Å². The summed E-state index contributed by atoms with van der Waals surface area (Å²) in [5.41, 5.74) is 2.50. The lowest BCUT2D eigenvalue weighted by atomic mass is 10.1. The van der Waals surface area contributed by atoms with E-state index in [0.29, 0.717) is 73.7 Å². The molecule has 4 aromatic heterocycles. The van der Waals surface area contributed by atoms with Crippen LogP contribution in [0.5, 0.6) is 11.5 Å². The van der Waals surface area contributed by atoms with Crippen LogP contribution in [0.1, 0.15) is 94.3 Å². The van der Waals surface area contributed by atoms with Gasteiger partial charge in [-0.3, -0.25) is 96.6 Å². The summed E-state index contributed by atoms with van der Waals surface area (Å²) >= 11 is 0.581. The van der Waals surface area contributed by atoms with Crippen molar-refractivity contribution in [1.29, 1.82) is 0 Å². The highest BCUT2D eigenvalue weighted by Crippen LogP contribution is 2.30. The molecule has 1 aliphatic heterocycles. The van der Waals surface area contributed by atoms with Gasteiger partial charge in [0, 0.05) is 224 Å². The smallest absolute Gasteiger partial charge is 0.323 e. The number of ether oxygens (including phenoxy) is 2. The first-order valence-corrected chi connectivity index (χ1v) is 51.4. The first kappa shape index (κ1) is 118. The molecule has 56 nitrogen and oxygen atoms in total. The summed E-state index contributed by atoms with van der Waals surface area (Å²) in [4.78, 5) is 205. The molecule has 0 aliphatic carbocycles. The maximum Gasteiger partial charge on any atom is 0.323 e. The van der Waals surface area contributed by atoms with Gasteiger partial charge in [0.25, 0.3) is 29.9 Å². The minimum atomic E-state index is -4.57. The maximum atomic E-state index is 14.9.